The molecule has 0 aliphatic carbocycles. The number of sulfonamides is 1. The number of ether oxygens (including phenoxy) is 2. The second kappa shape index (κ2) is 8.97. The Bertz CT molecular complexity index is 662. The number of nitrogens with one attached hydrogen (secondary N) is 2. The van der Waals surface area contributed by atoms with Crippen LogP contribution in [-0.4, -0.2) is 59.0 Å². The van der Waals surface area contributed by atoms with Gasteiger partial charge >= 0.3 is 5.97 Å². The smallest absolute Gasteiger partial charge is 0.335 e. The maximum Gasteiger partial charge on any atom is 0.335 e. The molecule has 2 atom stereocenters. The van der Waals surface area contributed by atoms with Crippen molar-refractivity contribution in [1.29, 1.82) is 0 Å². The topological polar surface area (TPSA) is 114 Å². The van der Waals surface area contributed by atoms with Crippen LogP contribution in [0.5, 0.6) is 0 Å². The lowest BCUT2D eigenvalue weighted by Gasteiger charge is -2.20. The highest BCUT2D eigenvalue weighted by molar-refractivity contribution is 7.89. The van der Waals surface area contributed by atoms with Crippen molar-refractivity contribution in [3.63, 3.8) is 0 Å². The van der Waals surface area contributed by atoms with Crippen LogP contribution in [-0.2, 0) is 19.5 Å². The van der Waals surface area contributed by atoms with Gasteiger partial charge in [-0.15, -0.1) is 0 Å². The molecule has 0 unspecified atom stereocenters. The number of benzene rings is 1. The Kier molecular flexibility index (Phi) is 7.61. The van der Waals surface area contributed by atoms with Crippen LogP contribution in [0.25, 0.3) is 0 Å². The summed E-state index contributed by atoms with van der Waals surface area (Å²) in [7, 11) is -0.919. The number of aromatic carboxylic acids is 1. The average molecular weight is 360 g/mol. The van der Waals surface area contributed by atoms with Gasteiger partial charge in [-0.25, -0.2) is 17.9 Å². The molecule has 136 valence electrons. The summed E-state index contributed by atoms with van der Waals surface area (Å²) >= 11 is 0. The van der Waals surface area contributed by atoms with Gasteiger partial charge in [-0.2, -0.15) is 0 Å². The minimum Gasteiger partial charge on any atom is -0.478 e. The van der Waals surface area contributed by atoms with E-state index in [0.29, 0.717) is 12.3 Å². The van der Waals surface area contributed by atoms with Crippen molar-refractivity contribution in [1.82, 2.24) is 4.72 Å². The molecule has 1 rings (SSSR count). The fraction of sp³-hybridized carbons (Fsp3) is 0.533. The van der Waals surface area contributed by atoms with E-state index in [1.54, 1.807) is 6.92 Å². The number of methoxy groups -OCH3 is 2. The second-order valence-corrected chi connectivity index (χ2v) is 7.18. The molecule has 0 bridgehead atoms. The monoisotopic (exact) mass is 360 g/mol. The Balaban J connectivity index is 3.24. The van der Waals surface area contributed by atoms with Gasteiger partial charge in [0.05, 0.1) is 24.5 Å². The summed E-state index contributed by atoms with van der Waals surface area (Å²) in [6.45, 7) is 4.04. The van der Waals surface area contributed by atoms with E-state index in [1.165, 1.54) is 26.4 Å². The van der Waals surface area contributed by atoms with Gasteiger partial charge in [0, 0.05) is 26.3 Å². The number of carboxylic acids is 1. The van der Waals surface area contributed by atoms with Crippen LogP contribution >= 0.6 is 0 Å². The van der Waals surface area contributed by atoms with E-state index in [1.807, 2.05) is 6.92 Å². The minimum absolute atomic E-state index is 0.111. The fourth-order valence-electron chi connectivity index (χ4n) is 2.17. The summed E-state index contributed by atoms with van der Waals surface area (Å²) in [5, 5.41) is 12.1. The summed E-state index contributed by atoms with van der Waals surface area (Å²) in [4.78, 5) is 11.0. The van der Waals surface area contributed by atoms with Gasteiger partial charge in [0.15, 0.2) is 0 Å². The molecule has 3 N–H and O–H groups in total. The van der Waals surface area contributed by atoms with E-state index < -0.39 is 22.0 Å². The highest BCUT2D eigenvalue weighted by Crippen LogP contribution is 2.24. The molecule has 1 aromatic carbocycles. The standard InChI is InChI=1S/C15H24N2O6S/c1-10(8-22-3)16-13-6-5-12(15(18)19)7-14(13)24(20,21)17-11(2)9-23-4/h5-7,10-11,16-17H,8-9H2,1-4H3,(H,18,19)/t10-,11-/m1/s1. The van der Waals surface area contributed by atoms with Crippen LogP contribution in [0.4, 0.5) is 5.69 Å². The fourth-order valence-corrected chi connectivity index (χ4v) is 3.59. The zero-order valence-corrected chi connectivity index (χ0v) is 15.0. The Morgan fingerprint density at radius 2 is 1.75 bits per heavy atom. The second-order valence-electron chi connectivity index (χ2n) is 5.49. The van der Waals surface area contributed by atoms with Gasteiger partial charge in [0.25, 0.3) is 0 Å². The summed E-state index contributed by atoms with van der Waals surface area (Å²) in [5.74, 6) is -1.20. The SMILES string of the molecule is COC[C@@H](C)Nc1ccc(C(=O)O)cc1S(=O)(=O)N[C@H](C)COC. The number of rotatable bonds is 10. The Labute approximate surface area is 142 Å². The molecule has 0 radical (unpaired) electrons. The van der Waals surface area contributed by atoms with Crippen molar-refractivity contribution in [3.8, 4) is 0 Å². The van der Waals surface area contributed by atoms with Crippen LogP contribution in [0.2, 0.25) is 0 Å². The molecule has 24 heavy (non-hydrogen) atoms. The quantitative estimate of drug-likeness (QED) is 0.573. The van der Waals surface area contributed by atoms with Gasteiger partial charge in [-0.1, -0.05) is 0 Å². The van der Waals surface area contributed by atoms with Gasteiger partial charge < -0.3 is 19.9 Å². The molecular formula is C15H24N2O6S. The number of hydrogen-bond donors (Lipinski definition) is 3. The zero-order chi connectivity index (χ0) is 18.3. The average Bonchev–Trinajstić information content (AvgIpc) is 2.47. The van der Waals surface area contributed by atoms with Crippen molar-refractivity contribution in [2.45, 2.75) is 30.8 Å². The molecule has 1 aromatic rings. The van der Waals surface area contributed by atoms with E-state index in [-0.39, 0.29) is 23.1 Å². The van der Waals surface area contributed by atoms with Crippen LogP contribution in [0, 0.1) is 0 Å². The first-order valence-corrected chi connectivity index (χ1v) is 8.83. The predicted molar refractivity (Wildman–Crippen MR) is 90.0 cm³/mol. The van der Waals surface area contributed by atoms with E-state index in [2.05, 4.69) is 10.0 Å². The number of carbonyl (C=O) groups is 1. The van der Waals surface area contributed by atoms with Gasteiger partial charge in [0.1, 0.15) is 4.90 Å². The molecule has 0 heterocycles. The van der Waals surface area contributed by atoms with Crippen molar-refractivity contribution in [2.75, 3.05) is 32.8 Å². The third-order valence-electron chi connectivity index (χ3n) is 3.11. The predicted octanol–water partition coefficient (Wildman–Crippen LogP) is 1.14. The Hall–Kier alpha value is -1.68. The molecule has 0 fully saturated rings. The van der Waals surface area contributed by atoms with Gasteiger partial charge in [-0.3, -0.25) is 0 Å². The lowest BCUT2D eigenvalue weighted by atomic mass is 10.2. The van der Waals surface area contributed by atoms with Crippen molar-refractivity contribution >= 4 is 21.7 Å². The molecule has 0 saturated carbocycles. The summed E-state index contributed by atoms with van der Waals surface area (Å²) in [6.07, 6.45) is 0. The lowest BCUT2D eigenvalue weighted by Crippen LogP contribution is -2.36. The normalized spacial score (nSPS) is 14.2. The third-order valence-corrected chi connectivity index (χ3v) is 4.74. The molecular weight excluding hydrogens is 336 g/mol. The molecule has 8 nitrogen and oxygen atoms in total. The Morgan fingerprint density at radius 3 is 2.29 bits per heavy atom. The van der Waals surface area contributed by atoms with Crippen LogP contribution in [0.15, 0.2) is 23.1 Å². The van der Waals surface area contributed by atoms with Crippen molar-refractivity contribution < 1.29 is 27.8 Å². The van der Waals surface area contributed by atoms with E-state index >= 15 is 0 Å². The first kappa shape index (κ1) is 20.4. The summed E-state index contributed by atoms with van der Waals surface area (Å²) in [5.41, 5.74) is 0.196. The number of carboxylic acid groups (broad SMARTS) is 1. The van der Waals surface area contributed by atoms with E-state index in [0.717, 1.165) is 6.07 Å². The molecule has 0 amide bonds. The van der Waals surface area contributed by atoms with Crippen molar-refractivity contribution in [2.24, 2.45) is 0 Å². The lowest BCUT2D eigenvalue weighted by molar-refractivity contribution is 0.0696. The molecule has 0 aliphatic heterocycles. The molecule has 0 aromatic heterocycles. The maximum absolute atomic E-state index is 12.6. The summed E-state index contributed by atoms with van der Waals surface area (Å²) < 4.78 is 37.7. The summed E-state index contributed by atoms with van der Waals surface area (Å²) in [6, 6.07) is 3.30. The third kappa shape index (κ3) is 5.75. The van der Waals surface area contributed by atoms with Crippen LogP contribution in [0.1, 0.15) is 24.2 Å². The molecule has 0 spiro atoms. The number of hydrogen-bond acceptors (Lipinski definition) is 6. The van der Waals surface area contributed by atoms with Crippen LogP contribution in [0.3, 0.4) is 0 Å². The van der Waals surface area contributed by atoms with E-state index in [4.69, 9.17) is 14.6 Å². The van der Waals surface area contributed by atoms with E-state index in [9.17, 15) is 13.2 Å². The molecule has 9 heteroatoms. The first-order chi connectivity index (χ1) is 11.2. The Morgan fingerprint density at radius 1 is 1.17 bits per heavy atom. The largest absolute Gasteiger partial charge is 0.478 e. The van der Waals surface area contributed by atoms with Gasteiger partial charge in [0.2, 0.25) is 10.0 Å². The zero-order valence-electron chi connectivity index (χ0n) is 14.2. The molecule has 0 aliphatic rings. The highest BCUT2D eigenvalue weighted by atomic mass is 32.2. The molecule has 0 saturated heterocycles. The highest BCUT2D eigenvalue weighted by Gasteiger charge is 2.23. The van der Waals surface area contributed by atoms with Crippen LogP contribution < -0.4 is 10.0 Å². The number of anilines is 1. The minimum atomic E-state index is -3.93. The van der Waals surface area contributed by atoms with Gasteiger partial charge in [-0.05, 0) is 32.0 Å². The van der Waals surface area contributed by atoms with Crippen molar-refractivity contribution in [3.05, 3.63) is 23.8 Å². The maximum atomic E-state index is 12.6. The first-order valence-electron chi connectivity index (χ1n) is 7.35.